The van der Waals surface area contributed by atoms with Crippen molar-refractivity contribution in [2.75, 3.05) is 13.1 Å². The number of guanidine groups is 1. The summed E-state index contributed by atoms with van der Waals surface area (Å²) in [5, 5.41) is 14.6. The smallest absolute Gasteiger partial charge is 0.191 e. The maximum Gasteiger partial charge on any atom is 0.191 e. The van der Waals surface area contributed by atoms with Gasteiger partial charge in [-0.25, -0.2) is 4.99 Å². The molecular formula is C18H27IN6. The Bertz CT molecular complexity index is 662. The van der Waals surface area contributed by atoms with Gasteiger partial charge in [0.25, 0.3) is 0 Å². The lowest BCUT2D eigenvalue weighted by atomic mass is 10.1. The molecule has 0 saturated heterocycles. The summed E-state index contributed by atoms with van der Waals surface area (Å²) in [6.07, 6.45) is 4.46. The van der Waals surface area contributed by atoms with Crippen LogP contribution in [0.3, 0.4) is 0 Å². The molecule has 0 aliphatic heterocycles. The van der Waals surface area contributed by atoms with Crippen LogP contribution in [0.4, 0.5) is 0 Å². The van der Waals surface area contributed by atoms with Crippen LogP contribution in [0.15, 0.2) is 48.2 Å². The van der Waals surface area contributed by atoms with Crippen molar-refractivity contribution in [1.82, 2.24) is 25.4 Å². The number of nitrogens with zero attached hydrogens (tertiary/aromatic N) is 4. The van der Waals surface area contributed by atoms with Crippen LogP contribution in [0.25, 0.3) is 0 Å². The molecule has 0 radical (unpaired) electrons. The zero-order valence-electron chi connectivity index (χ0n) is 14.9. The Hall–Kier alpha value is -1.90. The minimum atomic E-state index is 0. The molecule has 0 bridgehead atoms. The molecule has 25 heavy (non-hydrogen) atoms. The van der Waals surface area contributed by atoms with Crippen molar-refractivity contribution < 1.29 is 0 Å². The second kappa shape index (κ2) is 11.6. The Morgan fingerprint density at radius 3 is 2.72 bits per heavy atom. The van der Waals surface area contributed by atoms with Gasteiger partial charge >= 0.3 is 0 Å². The van der Waals surface area contributed by atoms with Crippen molar-refractivity contribution >= 4 is 29.9 Å². The number of rotatable bonds is 8. The van der Waals surface area contributed by atoms with Crippen molar-refractivity contribution in [2.45, 2.75) is 33.4 Å². The first-order valence-corrected chi connectivity index (χ1v) is 8.28. The molecule has 0 unspecified atom stereocenters. The molecule has 0 spiro atoms. The summed E-state index contributed by atoms with van der Waals surface area (Å²) in [6.45, 7) is 10.8. The molecule has 136 valence electrons. The number of benzene rings is 1. The van der Waals surface area contributed by atoms with E-state index in [1.165, 1.54) is 11.1 Å². The van der Waals surface area contributed by atoms with Gasteiger partial charge in [-0.2, -0.15) is 0 Å². The molecule has 0 saturated carbocycles. The predicted molar refractivity (Wildman–Crippen MR) is 113 cm³/mol. The molecule has 1 heterocycles. The van der Waals surface area contributed by atoms with E-state index in [9.17, 15) is 0 Å². The van der Waals surface area contributed by atoms with E-state index in [1.807, 2.05) is 6.08 Å². The third-order valence-electron chi connectivity index (χ3n) is 3.61. The molecule has 6 nitrogen and oxygen atoms in total. The Kier molecular flexibility index (Phi) is 9.83. The highest BCUT2D eigenvalue weighted by Gasteiger charge is 2.02. The van der Waals surface area contributed by atoms with Crippen molar-refractivity contribution in [1.29, 1.82) is 0 Å². The van der Waals surface area contributed by atoms with Crippen LogP contribution < -0.4 is 10.6 Å². The number of hydrogen-bond donors (Lipinski definition) is 2. The quantitative estimate of drug-likeness (QED) is 0.279. The molecule has 0 aliphatic rings. The average molecular weight is 454 g/mol. The third-order valence-corrected chi connectivity index (χ3v) is 3.61. The SMILES string of the molecule is C=CCNC(=NCc1ccc(C)cc1)NCCn1cnnc1CC.I. The number of aryl methyl sites for hydroxylation is 2. The summed E-state index contributed by atoms with van der Waals surface area (Å²) in [4.78, 5) is 4.63. The Morgan fingerprint density at radius 1 is 1.28 bits per heavy atom. The normalized spacial score (nSPS) is 10.9. The summed E-state index contributed by atoms with van der Waals surface area (Å²) < 4.78 is 2.05. The van der Waals surface area contributed by atoms with E-state index < -0.39 is 0 Å². The lowest BCUT2D eigenvalue weighted by Crippen LogP contribution is -2.39. The molecule has 2 rings (SSSR count). The van der Waals surface area contributed by atoms with Crippen molar-refractivity contribution in [3.8, 4) is 0 Å². The summed E-state index contributed by atoms with van der Waals surface area (Å²) in [6, 6.07) is 8.42. The van der Waals surface area contributed by atoms with E-state index in [2.05, 4.69) is 75.1 Å². The van der Waals surface area contributed by atoms with E-state index >= 15 is 0 Å². The number of nitrogens with one attached hydrogen (secondary N) is 2. The van der Waals surface area contributed by atoms with E-state index in [0.29, 0.717) is 13.1 Å². The van der Waals surface area contributed by atoms with Crippen LogP contribution in [0, 0.1) is 6.92 Å². The van der Waals surface area contributed by atoms with Gasteiger partial charge in [0.2, 0.25) is 0 Å². The van der Waals surface area contributed by atoms with Gasteiger partial charge in [-0.15, -0.1) is 40.8 Å². The summed E-state index contributed by atoms with van der Waals surface area (Å²) >= 11 is 0. The highest BCUT2D eigenvalue weighted by molar-refractivity contribution is 14.0. The monoisotopic (exact) mass is 454 g/mol. The van der Waals surface area contributed by atoms with Gasteiger partial charge in [0.05, 0.1) is 6.54 Å². The van der Waals surface area contributed by atoms with Crippen LogP contribution in [0.1, 0.15) is 23.9 Å². The van der Waals surface area contributed by atoms with Crippen LogP contribution in [0.2, 0.25) is 0 Å². The van der Waals surface area contributed by atoms with Gasteiger partial charge in [0, 0.05) is 26.1 Å². The molecule has 0 fully saturated rings. The van der Waals surface area contributed by atoms with E-state index in [0.717, 1.165) is 31.3 Å². The Morgan fingerprint density at radius 2 is 2.04 bits per heavy atom. The molecule has 2 N–H and O–H groups in total. The fourth-order valence-electron chi connectivity index (χ4n) is 2.24. The second-order valence-electron chi connectivity index (χ2n) is 5.54. The molecule has 1 aromatic carbocycles. The average Bonchev–Trinajstić information content (AvgIpc) is 3.05. The van der Waals surface area contributed by atoms with Crippen molar-refractivity contribution in [2.24, 2.45) is 4.99 Å². The first-order valence-electron chi connectivity index (χ1n) is 8.28. The largest absolute Gasteiger partial charge is 0.355 e. The highest BCUT2D eigenvalue weighted by atomic mass is 127. The fourth-order valence-corrected chi connectivity index (χ4v) is 2.24. The molecule has 0 aliphatic carbocycles. The Labute approximate surface area is 166 Å². The molecule has 0 amide bonds. The summed E-state index contributed by atoms with van der Waals surface area (Å²) in [5.74, 6) is 1.77. The molecule has 1 aromatic heterocycles. The number of halogens is 1. The van der Waals surface area contributed by atoms with Crippen LogP contribution in [-0.2, 0) is 19.5 Å². The van der Waals surface area contributed by atoms with Crippen LogP contribution in [-0.4, -0.2) is 33.8 Å². The molecular weight excluding hydrogens is 427 g/mol. The Balaban J connectivity index is 0.00000312. The standard InChI is InChI=1S/C18H26N6.HI/c1-4-10-19-18(21-13-16-8-6-15(3)7-9-16)20-11-12-24-14-22-23-17(24)5-2;/h4,6-9,14H,1,5,10-13H2,2-3H3,(H2,19,20,21);1H. The van der Waals surface area contributed by atoms with Crippen LogP contribution >= 0.6 is 24.0 Å². The van der Waals surface area contributed by atoms with Gasteiger partial charge in [-0.1, -0.05) is 42.8 Å². The topological polar surface area (TPSA) is 67.1 Å². The lowest BCUT2D eigenvalue weighted by molar-refractivity contribution is 0.633. The third kappa shape index (κ3) is 7.25. The molecule has 0 atom stereocenters. The molecule has 2 aromatic rings. The minimum absolute atomic E-state index is 0. The van der Waals surface area contributed by atoms with E-state index in [4.69, 9.17) is 0 Å². The van der Waals surface area contributed by atoms with E-state index in [1.54, 1.807) is 6.33 Å². The van der Waals surface area contributed by atoms with Gasteiger partial charge in [0.15, 0.2) is 5.96 Å². The zero-order valence-corrected chi connectivity index (χ0v) is 17.2. The number of aromatic nitrogens is 3. The van der Waals surface area contributed by atoms with Crippen molar-refractivity contribution in [3.63, 3.8) is 0 Å². The van der Waals surface area contributed by atoms with Crippen molar-refractivity contribution in [3.05, 3.63) is 60.2 Å². The first-order chi connectivity index (χ1) is 11.7. The van der Waals surface area contributed by atoms with E-state index in [-0.39, 0.29) is 24.0 Å². The summed E-state index contributed by atoms with van der Waals surface area (Å²) in [7, 11) is 0. The maximum absolute atomic E-state index is 4.63. The zero-order chi connectivity index (χ0) is 17.2. The number of hydrogen-bond acceptors (Lipinski definition) is 3. The fraction of sp³-hybridized carbons (Fsp3) is 0.389. The second-order valence-corrected chi connectivity index (χ2v) is 5.54. The van der Waals surface area contributed by atoms with Gasteiger partial charge < -0.3 is 15.2 Å². The van der Waals surface area contributed by atoms with Gasteiger partial charge in [-0.05, 0) is 12.5 Å². The summed E-state index contributed by atoms with van der Waals surface area (Å²) in [5.41, 5.74) is 2.44. The number of aliphatic imine (C=N–C) groups is 1. The van der Waals surface area contributed by atoms with Gasteiger partial charge in [0.1, 0.15) is 12.2 Å². The highest BCUT2D eigenvalue weighted by Crippen LogP contribution is 2.04. The maximum atomic E-state index is 4.63. The van der Waals surface area contributed by atoms with Gasteiger partial charge in [-0.3, -0.25) is 0 Å². The van der Waals surface area contributed by atoms with Crippen LogP contribution in [0.5, 0.6) is 0 Å². The molecule has 7 heteroatoms. The first kappa shape index (κ1) is 21.1. The predicted octanol–water partition coefficient (Wildman–Crippen LogP) is 2.69. The minimum Gasteiger partial charge on any atom is -0.355 e. The lowest BCUT2D eigenvalue weighted by Gasteiger charge is -2.12.